The topological polar surface area (TPSA) is 108 Å². The highest BCUT2D eigenvalue weighted by atomic mass is 16.6. The maximum absolute atomic E-state index is 13.0. The summed E-state index contributed by atoms with van der Waals surface area (Å²) < 4.78 is 23.2. The monoisotopic (exact) mass is 484 g/mol. The number of hydrogen-bond acceptors (Lipinski definition) is 8. The van der Waals surface area contributed by atoms with E-state index in [9.17, 15) is 19.5 Å². The molecule has 35 heavy (non-hydrogen) atoms. The van der Waals surface area contributed by atoms with Crippen molar-refractivity contribution >= 4 is 17.7 Å². The summed E-state index contributed by atoms with van der Waals surface area (Å²) in [6.07, 6.45) is 3.70. The van der Waals surface area contributed by atoms with E-state index in [1.807, 2.05) is 19.9 Å². The number of carbonyl (C=O) groups is 3. The maximum Gasteiger partial charge on any atom is 0.333 e. The number of aliphatic hydroxyl groups excluding tert-OH is 1. The smallest absolute Gasteiger partial charge is 0.333 e. The number of aliphatic hydroxyl groups is 1. The van der Waals surface area contributed by atoms with Gasteiger partial charge in [0.05, 0.1) is 43.9 Å². The fraction of sp³-hybridized carbons (Fsp3) is 0.667. The predicted octanol–water partition coefficient (Wildman–Crippen LogP) is 2.26. The lowest BCUT2D eigenvalue weighted by molar-refractivity contribution is -0.178. The molecule has 1 saturated carbocycles. The Morgan fingerprint density at radius 1 is 1.26 bits per heavy atom. The third-order valence-electron chi connectivity index (χ3n) is 10.2. The summed E-state index contributed by atoms with van der Waals surface area (Å²) in [5, 5.41) is 10.3. The van der Waals surface area contributed by atoms with Crippen molar-refractivity contribution in [2.45, 2.75) is 65.1 Å². The van der Waals surface area contributed by atoms with Crippen LogP contribution in [0.5, 0.6) is 0 Å². The van der Waals surface area contributed by atoms with E-state index in [2.05, 4.69) is 13.8 Å². The minimum Gasteiger partial charge on any atom is -0.469 e. The van der Waals surface area contributed by atoms with E-state index < -0.39 is 28.5 Å². The van der Waals surface area contributed by atoms with Crippen LogP contribution >= 0.6 is 0 Å². The minimum atomic E-state index is -1.25. The largest absolute Gasteiger partial charge is 0.469 e. The lowest BCUT2D eigenvalue weighted by Crippen LogP contribution is -2.64. The average molecular weight is 485 g/mol. The van der Waals surface area contributed by atoms with Gasteiger partial charge in [-0.1, -0.05) is 25.5 Å². The molecule has 3 aliphatic carbocycles. The molecule has 10 unspecified atom stereocenters. The van der Waals surface area contributed by atoms with Gasteiger partial charge in [-0.15, -0.1) is 0 Å². The number of carbonyl (C=O) groups excluding carboxylic acids is 3. The van der Waals surface area contributed by atoms with Gasteiger partial charge in [0, 0.05) is 28.9 Å². The molecule has 3 aliphatic heterocycles. The van der Waals surface area contributed by atoms with Crippen LogP contribution in [0.15, 0.2) is 34.9 Å². The van der Waals surface area contributed by atoms with Crippen molar-refractivity contribution in [2.75, 3.05) is 13.7 Å². The zero-order valence-electron chi connectivity index (χ0n) is 20.7. The molecule has 0 aromatic heterocycles. The SMILES string of the molecule is COC(=O)CC1C2(C)C=CC(=O)C3(C)COC(C32)C2OC3CC(C4=CC(=O)OC4O)C(C)=C3C21C. The van der Waals surface area contributed by atoms with Crippen LogP contribution in [0.1, 0.15) is 40.5 Å². The van der Waals surface area contributed by atoms with Gasteiger partial charge in [-0.3, -0.25) is 9.59 Å². The number of cyclic esters (lactones) is 1. The first-order valence-electron chi connectivity index (χ1n) is 12.4. The molecular weight excluding hydrogens is 452 g/mol. The predicted molar refractivity (Wildman–Crippen MR) is 121 cm³/mol. The quantitative estimate of drug-likeness (QED) is 0.480. The van der Waals surface area contributed by atoms with Crippen molar-refractivity contribution in [2.24, 2.45) is 34.0 Å². The van der Waals surface area contributed by atoms with E-state index in [1.165, 1.54) is 13.2 Å². The van der Waals surface area contributed by atoms with Crippen LogP contribution in [0.2, 0.25) is 0 Å². The van der Waals surface area contributed by atoms with Crippen LogP contribution in [0, 0.1) is 34.0 Å². The zero-order valence-corrected chi connectivity index (χ0v) is 20.7. The number of ketones is 1. The molecule has 8 nitrogen and oxygen atoms in total. The zero-order chi connectivity index (χ0) is 25.1. The van der Waals surface area contributed by atoms with Crippen molar-refractivity contribution in [3.05, 3.63) is 34.9 Å². The van der Waals surface area contributed by atoms with Crippen molar-refractivity contribution in [3.8, 4) is 0 Å². The number of ether oxygens (including phenoxy) is 4. The number of hydrogen-bond donors (Lipinski definition) is 1. The molecule has 1 N–H and O–H groups in total. The fourth-order valence-electron chi connectivity index (χ4n) is 8.76. The van der Waals surface area contributed by atoms with Gasteiger partial charge in [0.1, 0.15) is 0 Å². The summed E-state index contributed by atoms with van der Waals surface area (Å²) >= 11 is 0. The molecule has 0 amide bonds. The molecule has 2 saturated heterocycles. The molecule has 8 heteroatoms. The first-order chi connectivity index (χ1) is 16.5. The van der Waals surface area contributed by atoms with Crippen molar-refractivity contribution < 1.29 is 38.4 Å². The van der Waals surface area contributed by atoms with Gasteiger partial charge in [0.2, 0.25) is 6.29 Å². The second-order valence-corrected chi connectivity index (χ2v) is 11.7. The van der Waals surface area contributed by atoms with Gasteiger partial charge >= 0.3 is 11.9 Å². The molecule has 0 aromatic carbocycles. The Bertz CT molecular complexity index is 1130. The highest BCUT2D eigenvalue weighted by Gasteiger charge is 2.74. The normalized spacial score (nSPS) is 49.5. The van der Waals surface area contributed by atoms with E-state index in [1.54, 1.807) is 6.08 Å². The standard InChI is InChI=1S/C27H32O8/c1-12-13(14-9-19(30)35-24(14)31)8-15-20(12)27(4)16(10-18(29)32-5)25(2)7-6-17(28)26(3)11-33-21(22(25)26)23(27)34-15/h6-7,9,13,15-16,21-24,31H,8,10-11H2,1-5H3. The summed E-state index contributed by atoms with van der Waals surface area (Å²) in [4.78, 5) is 37.6. The van der Waals surface area contributed by atoms with Gasteiger partial charge in [0.15, 0.2) is 5.78 Å². The molecule has 188 valence electrons. The highest BCUT2D eigenvalue weighted by Crippen LogP contribution is 2.71. The Kier molecular flexibility index (Phi) is 4.72. The van der Waals surface area contributed by atoms with Crippen LogP contribution < -0.4 is 0 Å². The van der Waals surface area contributed by atoms with Gasteiger partial charge in [-0.05, 0) is 43.3 Å². The summed E-state index contributed by atoms with van der Waals surface area (Å²) in [5.74, 6) is -1.29. The average Bonchev–Trinajstić information content (AvgIpc) is 3.51. The molecular formula is C27H32O8. The number of fused-ring (bicyclic) bond motifs is 4. The first-order valence-corrected chi connectivity index (χ1v) is 12.4. The molecule has 3 heterocycles. The maximum atomic E-state index is 13.0. The van der Waals surface area contributed by atoms with Crippen LogP contribution in [-0.2, 0) is 33.3 Å². The molecule has 3 fully saturated rings. The van der Waals surface area contributed by atoms with E-state index in [-0.39, 0.29) is 54.2 Å². The van der Waals surface area contributed by atoms with Crippen molar-refractivity contribution in [1.82, 2.24) is 0 Å². The van der Waals surface area contributed by atoms with E-state index >= 15 is 0 Å². The van der Waals surface area contributed by atoms with Crippen LogP contribution in [0.3, 0.4) is 0 Å². The van der Waals surface area contributed by atoms with Gasteiger partial charge < -0.3 is 24.1 Å². The molecule has 0 radical (unpaired) electrons. The minimum absolute atomic E-state index is 0.0587. The lowest BCUT2D eigenvalue weighted by Gasteiger charge is -2.60. The Morgan fingerprint density at radius 3 is 2.66 bits per heavy atom. The molecule has 0 spiro atoms. The fourth-order valence-corrected chi connectivity index (χ4v) is 8.76. The van der Waals surface area contributed by atoms with Gasteiger partial charge in [-0.25, -0.2) is 4.79 Å². The van der Waals surface area contributed by atoms with E-state index in [4.69, 9.17) is 18.9 Å². The van der Waals surface area contributed by atoms with E-state index in [0.717, 1.165) is 11.1 Å². The van der Waals surface area contributed by atoms with Gasteiger partial charge in [0.25, 0.3) is 0 Å². The third-order valence-corrected chi connectivity index (χ3v) is 10.2. The molecule has 6 aliphatic rings. The summed E-state index contributed by atoms with van der Waals surface area (Å²) in [5.41, 5.74) is 0.952. The second-order valence-electron chi connectivity index (χ2n) is 11.7. The van der Waals surface area contributed by atoms with Crippen molar-refractivity contribution in [1.29, 1.82) is 0 Å². The highest BCUT2D eigenvalue weighted by molar-refractivity contribution is 5.96. The number of rotatable bonds is 3. The molecule has 0 bridgehead atoms. The first kappa shape index (κ1) is 23.1. The van der Waals surface area contributed by atoms with Crippen LogP contribution in [-0.4, -0.2) is 61.1 Å². The van der Waals surface area contributed by atoms with Crippen LogP contribution in [0.4, 0.5) is 0 Å². The molecule has 10 atom stereocenters. The second kappa shape index (κ2) is 7.14. The third kappa shape index (κ3) is 2.71. The van der Waals surface area contributed by atoms with Crippen molar-refractivity contribution in [3.63, 3.8) is 0 Å². The summed E-state index contributed by atoms with van der Waals surface area (Å²) in [6.45, 7) is 8.61. The van der Waals surface area contributed by atoms with E-state index in [0.29, 0.717) is 18.6 Å². The number of esters is 2. The molecule has 6 rings (SSSR count). The van der Waals surface area contributed by atoms with Crippen LogP contribution in [0.25, 0.3) is 0 Å². The Labute approximate surface area is 204 Å². The molecule has 0 aromatic rings. The number of allylic oxidation sites excluding steroid dienone is 3. The Morgan fingerprint density at radius 2 is 2.00 bits per heavy atom. The summed E-state index contributed by atoms with van der Waals surface area (Å²) in [7, 11) is 1.40. The van der Waals surface area contributed by atoms with Gasteiger partial charge in [-0.2, -0.15) is 0 Å². The Hall–Kier alpha value is -2.29. The number of methoxy groups -OCH3 is 1. The Balaban J connectivity index is 1.52. The summed E-state index contributed by atoms with van der Waals surface area (Å²) in [6, 6.07) is 0. The lowest BCUT2D eigenvalue weighted by atomic mass is 9.42.